The van der Waals surface area contributed by atoms with Crippen molar-refractivity contribution in [3.05, 3.63) is 24.3 Å². The van der Waals surface area contributed by atoms with Gasteiger partial charge in [0.2, 0.25) is 0 Å². The van der Waals surface area contributed by atoms with Crippen molar-refractivity contribution in [2.75, 3.05) is 0 Å². The average molecular weight is 206 g/mol. The summed E-state index contributed by atoms with van der Waals surface area (Å²) in [4.78, 5) is 11.2. The molecule has 0 N–H and O–H groups in total. The number of unbranched alkanes of at least 4 members (excludes halogenated alkanes) is 4. The second-order valence-corrected chi connectivity index (χ2v) is 4.40. The minimum atomic E-state index is 0.164. The second kappa shape index (κ2) is 6.60. The van der Waals surface area contributed by atoms with Crippen LogP contribution in [0.3, 0.4) is 0 Å². The van der Waals surface area contributed by atoms with E-state index >= 15 is 0 Å². The van der Waals surface area contributed by atoms with Crippen molar-refractivity contribution in [1.29, 1.82) is 0 Å². The van der Waals surface area contributed by atoms with E-state index < -0.39 is 0 Å². The zero-order chi connectivity index (χ0) is 11.1. The van der Waals surface area contributed by atoms with E-state index in [0.717, 1.165) is 6.42 Å². The molecule has 0 aromatic rings. The molecule has 84 valence electrons. The average Bonchev–Trinajstić information content (AvgIpc) is 2.54. The molecule has 1 heteroatoms. The third kappa shape index (κ3) is 4.03. The van der Waals surface area contributed by atoms with Crippen molar-refractivity contribution in [3.63, 3.8) is 0 Å². The molecule has 0 spiro atoms. The van der Waals surface area contributed by atoms with Crippen molar-refractivity contribution in [2.24, 2.45) is 11.8 Å². The van der Waals surface area contributed by atoms with E-state index in [2.05, 4.69) is 19.1 Å². The first kappa shape index (κ1) is 12.2. The fraction of sp³-hybridized carbons (Fsp3) is 0.643. The van der Waals surface area contributed by atoms with Gasteiger partial charge < -0.3 is 0 Å². The Morgan fingerprint density at radius 3 is 2.73 bits per heavy atom. The van der Waals surface area contributed by atoms with Crippen molar-refractivity contribution < 1.29 is 4.79 Å². The van der Waals surface area contributed by atoms with Crippen molar-refractivity contribution in [3.8, 4) is 0 Å². The number of allylic oxidation sites excluding steroid dienone is 4. The molecule has 0 bridgehead atoms. The van der Waals surface area contributed by atoms with Crippen LogP contribution in [-0.2, 0) is 4.79 Å². The van der Waals surface area contributed by atoms with Crippen molar-refractivity contribution >= 4 is 5.78 Å². The molecular weight excluding hydrogens is 184 g/mol. The van der Waals surface area contributed by atoms with E-state index in [1.807, 2.05) is 13.0 Å². The zero-order valence-corrected chi connectivity index (χ0v) is 9.91. The quantitative estimate of drug-likeness (QED) is 0.476. The molecule has 0 radical (unpaired) electrons. The number of hydrogen-bond donors (Lipinski definition) is 0. The smallest absolute Gasteiger partial charge is 0.159 e. The van der Waals surface area contributed by atoms with Gasteiger partial charge in [-0.25, -0.2) is 0 Å². The predicted octanol–water partition coefficient (Wildman–Crippen LogP) is 3.90. The van der Waals surface area contributed by atoms with Gasteiger partial charge in [0, 0.05) is 11.8 Å². The van der Waals surface area contributed by atoms with E-state index in [9.17, 15) is 4.79 Å². The molecule has 1 aliphatic carbocycles. The Bertz CT molecular complexity index is 250. The highest BCUT2D eigenvalue weighted by Gasteiger charge is 2.22. The molecule has 0 amide bonds. The summed E-state index contributed by atoms with van der Waals surface area (Å²) in [5.74, 6) is 0.788. The topological polar surface area (TPSA) is 17.1 Å². The molecule has 0 aromatic heterocycles. The lowest BCUT2D eigenvalue weighted by atomic mass is 9.96. The molecule has 0 saturated heterocycles. The Morgan fingerprint density at radius 1 is 1.33 bits per heavy atom. The highest BCUT2D eigenvalue weighted by molar-refractivity contribution is 5.94. The van der Waals surface area contributed by atoms with Crippen LogP contribution in [0.1, 0.15) is 46.0 Å². The zero-order valence-electron chi connectivity index (χ0n) is 9.91. The molecule has 0 saturated carbocycles. The lowest BCUT2D eigenvalue weighted by Crippen LogP contribution is -2.09. The maximum Gasteiger partial charge on any atom is 0.159 e. The summed E-state index contributed by atoms with van der Waals surface area (Å²) in [7, 11) is 0. The number of ketones is 1. The molecule has 15 heavy (non-hydrogen) atoms. The SMILES string of the molecule is CCCCCC/C=C/[C@H]1C=CC(=O)C1C. The summed E-state index contributed by atoms with van der Waals surface area (Å²) >= 11 is 0. The molecule has 1 unspecified atom stereocenters. The summed E-state index contributed by atoms with van der Waals surface area (Å²) in [6.07, 6.45) is 14.6. The monoisotopic (exact) mass is 206 g/mol. The van der Waals surface area contributed by atoms with Gasteiger partial charge >= 0.3 is 0 Å². The normalized spacial score (nSPS) is 25.6. The van der Waals surface area contributed by atoms with Crippen LogP contribution in [0.2, 0.25) is 0 Å². The fourth-order valence-corrected chi connectivity index (χ4v) is 1.89. The van der Waals surface area contributed by atoms with Gasteiger partial charge in [0.15, 0.2) is 5.78 Å². The van der Waals surface area contributed by atoms with Crippen LogP contribution in [-0.4, -0.2) is 5.78 Å². The van der Waals surface area contributed by atoms with Gasteiger partial charge in [0.05, 0.1) is 0 Å². The van der Waals surface area contributed by atoms with Crippen LogP contribution in [0, 0.1) is 11.8 Å². The third-order valence-electron chi connectivity index (χ3n) is 3.09. The minimum absolute atomic E-state index is 0.164. The molecule has 1 rings (SSSR count). The number of hydrogen-bond acceptors (Lipinski definition) is 1. The standard InChI is InChI=1S/C14H22O/c1-3-4-5-6-7-8-9-13-10-11-14(15)12(13)2/h8-13H,3-7H2,1-2H3/b9-8+/t12?,13-/m0/s1. The third-order valence-corrected chi connectivity index (χ3v) is 3.09. The van der Waals surface area contributed by atoms with Crippen LogP contribution < -0.4 is 0 Å². The number of carbonyl (C=O) groups is 1. The second-order valence-electron chi connectivity index (χ2n) is 4.40. The Hall–Kier alpha value is -0.850. The molecule has 0 fully saturated rings. The van der Waals surface area contributed by atoms with E-state index in [1.54, 1.807) is 6.08 Å². The first-order valence-corrected chi connectivity index (χ1v) is 6.14. The number of carbonyl (C=O) groups excluding carboxylic acids is 1. The summed E-state index contributed by atoms with van der Waals surface area (Å²) in [5, 5.41) is 0. The van der Waals surface area contributed by atoms with E-state index in [1.165, 1.54) is 25.7 Å². The van der Waals surface area contributed by atoms with Gasteiger partial charge in [0.25, 0.3) is 0 Å². The molecule has 0 aliphatic heterocycles. The first-order valence-electron chi connectivity index (χ1n) is 6.14. The summed E-state index contributed by atoms with van der Waals surface area (Å²) in [6, 6.07) is 0. The molecule has 0 aromatic carbocycles. The van der Waals surface area contributed by atoms with Crippen LogP contribution >= 0.6 is 0 Å². The molecule has 1 aliphatic rings. The van der Waals surface area contributed by atoms with Gasteiger partial charge in [-0.1, -0.05) is 51.3 Å². The molecule has 0 heterocycles. The number of rotatable bonds is 6. The van der Waals surface area contributed by atoms with Gasteiger partial charge in [-0.05, 0) is 18.9 Å². The van der Waals surface area contributed by atoms with Crippen molar-refractivity contribution in [1.82, 2.24) is 0 Å². The van der Waals surface area contributed by atoms with Crippen molar-refractivity contribution in [2.45, 2.75) is 46.0 Å². The Morgan fingerprint density at radius 2 is 2.13 bits per heavy atom. The largest absolute Gasteiger partial charge is 0.295 e. The summed E-state index contributed by atoms with van der Waals surface area (Å²) in [6.45, 7) is 4.24. The highest BCUT2D eigenvalue weighted by Crippen LogP contribution is 2.23. The van der Waals surface area contributed by atoms with Crippen LogP contribution in [0.5, 0.6) is 0 Å². The van der Waals surface area contributed by atoms with Crippen LogP contribution in [0.15, 0.2) is 24.3 Å². The predicted molar refractivity (Wildman–Crippen MR) is 64.7 cm³/mol. The lowest BCUT2D eigenvalue weighted by Gasteiger charge is -2.07. The molecule has 2 atom stereocenters. The molecular formula is C14H22O. The van der Waals surface area contributed by atoms with Gasteiger partial charge in [-0.3, -0.25) is 4.79 Å². The summed E-state index contributed by atoms with van der Waals surface area (Å²) in [5.41, 5.74) is 0. The van der Waals surface area contributed by atoms with E-state index in [-0.39, 0.29) is 11.7 Å². The Balaban J connectivity index is 2.16. The van der Waals surface area contributed by atoms with Crippen LogP contribution in [0.25, 0.3) is 0 Å². The maximum atomic E-state index is 11.2. The Kier molecular flexibility index (Phi) is 5.38. The first-order chi connectivity index (χ1) is 7.25. The van der Waals surface area contributed by atoms with Crippen LogP contribution in [0.4, 0.5) is 0 Å². The van der Waals surface area contributed by atoms with Gasteiger partial charge in [-0.15, -0.1) is 0 Å². The van der Waals surface area contributed by atoms with Gasteiger partial charge in [-0.2, -0.15) is 0 Å². The van der Waals surface area contributed by atoms with E-state index in [0.29, 0.717) is 5.92 Å². The minimum Gasteiger partial charge on any atom is -0.295 e. The summed E-state index contributed by atoms with van der Waals surface area (Å²) < 4.78 is 0. The fourth-order valence-electron chi connectivity index (χ4n) is 1.89. The Labute approximate surface area is 93.3 Å². The highest BCUT2D eigenvalue weighted by atomic mass is 16.1. The van der Waals surface area contributed by atoms with Gasteiger partial charge in [0.1, 0.15) is 0 Å². The lowest BCUT2D eigenvalue weighted by molar-refractivity contribution is -0.117. The van der Waals surface area contributed by atoms with E-state index in [4.69, 9.17) is 0 Å². The maximum absolute atomic E-state index is 11.2. The molecule has 1 nitrogen and oxygen atoms in total.